The first kappa shape index (κ1) is 20.2. The van der Waals surface area contributed by atoms with Crippen LogP contribution in [-0.2, 0) is 0 Å². The highest BCUT2D eigenvalue weighted by Gasteiger charge is 2.25. The Hall–Kier alpha value is -3.10. The van der Waals surface area contributed by atoms with Gasteiger partial charge in [-0.2, -0.15) is 0 Å². The quantitative estimate of drug-likeness (QED) is 0.575. The SMILES string of the molecule is COc1ccc(C(O)CN2CCC(n3c(=O)[nH]c4ccccc43)CC2)cc1C(=O)O. The molecule has 3 aromatic rings. The Morgan fingerprint density at radius 2 is 1.97 bits per heavy atom. The molecule has 1 aromatic heterocycles. The fourth-order valence-electron chi connectivity index (χ4n) is 4.25. The standard InChI is InChI=1S/C22H25N3O5/c1-30-20-7-6-14(12-16(20)21(27)28)19(26)13-24-10-8-15(9-11-24)25-18-5-3-2-4-17(18)23-22(25)29/h2-7,12,15,19,26H,8-11,13H2,1H3,(H,23,29)(H,27,28). The molecule has 0 bridgehead atoms. The number of β-amino-alcohol motifs (C(OH)–C–C–N with tert-alkyl or cyclic N) is 1. The maximum absolute atomic E-state index is 12.4. The summed E-state index contributed by atoms with van der Waals surface area (Å²) in [5.41, 5.74) is 2.25. The number of rotatable bonds is 6. The lowest BCUT2D eigenvalue weighted by molar-refractivity contribution is 0.0692. The predicted octanol–water partition coefficient (Wildman–Crippen LogP) is 2.41. The van der Waals surface area contributed by atoms with Crippen LogP contribution in [0.25, 0.3) is 11.0 Å². The molecule has 1 fully saturated rings. The number of aromatic amines is 1. The molecule has 0 radical (unpaired) electrons. The number of fused-ring (bicyclic) bond motifs is 1. The lowest BCUT2D eigenvalue weighted by Crippen LogP contribution is -2.39. The van der Waals surface area contributed by atoms with Gasteiger partial charge in [-0.1, -0.05) is 18.2 Å². The van der Waals surface area contributed by atoms with E-state index in [-0.39, 0.29) is 23.0 Å². The van der Waals surface area contributed by atoms with Crippen LogP contribution in [-0.4, -0.2) is 57.4 Å². The number of methoxy groups -OCH3 is 1. The predicted molar refractivity (Wildman–Crippen MR) is 112 cm³/mol. The molecule has 0 amide bonds. The van der Waals surface area contributed by atoms with E-state index in [1.165, 1.54) is 13.2 Å². The molecule has 1 aliphatic heterocycles. The van der Waals surface area contributed by atoms with Crippen molar-refractivity contribution in [2.45, 2.75) is 25.0 Å². The summed E-state index contributed by atoms with van der Waals surface area (Å²) in [6, 6.07) is 12.5. The van der Waals surface area contributed by atoms with Gasteiger partial charge in [-0.25, -0.2) is 9.59 Å². The molecule has 30 heavy (non-hydrogen) atoms. The van der Waals surface area contributed by atoms with Crippen LogP contribution >= 0.6 is 0 Å². The van der Waals surface area contributed by atoms with Gasteiger partial charge in [-0.05, 0) is 42.7 Å². The van der Waals surface area contributed by atoms with Crippen molar-refractivity contribution in [1.82, 2.24) is 14.5 Å². The maximum Gasteiger partial charge on any atom is 0.339 e. The Bertz CT molecular complexity index is 1110. The second kappa shape index (κ2) is 8.33. The number of para-hydroxylation sites is 2. The number of hydrogen-bond acceptors (Lipinski definition) is 5. The number of likely N-dealkylation sites (tertiary alicyclic amines) is 1. The Morgan fingerprint density at radius 1 is 1.23 bits per heavy atom. The molecule has 1 aliphatic rings. The number of H-pyrrole nitrogens is 1. The lowest BCUT2D eigenvalue weighted by atomic mass is 10.0. The van der Waals surface area contributed by atoms with Crippen molar-refractivity contribution in [3.63, 3.8) is 0 Å². The highest BCUT2D eigenvalue weighted by molar-refractivity contribution is 5.91. The van der Waals surface area contributed by atoms with E-state index in [4.69, 9.17) is 4.74 Å². The topological polar surface area (TPSA) is 108 Å². The number of benzene rings is 2. The summed E-state index contributed by atoms with van der Waals surface area (Å²) >= 11 is 0. The first-order valence-electron chi connectivity index (χ1n) is 9.99. The number of aliphatic hydroxyl groups is 1. The first-order chi connectivity index (χ1) is 14.5. The van der Waals surface area contributed by atoms with Gasteiger partial charge in [0, 0.05) is 25.7 Å². The average Bonchev–Trinajstić information content (AvgIpc) is 3.09. The fourth-order valence-corrected chi connectivity index (χ4v) is 4.25. The fraction of sp³-hybridized carbons (Fsp3) is 0.364. The second-order valence-corrected chi connectivity index (χ2v) is 7.63. The molecule has 3 N–H and O–H groups in total. The van der Waals surface area contributed by atoms with Crippen LogP contribution in [0.5, 0.6) is 5.75 Å². The third kappa shape index (κ3) is 3.83. The van der Waals surface area contributed by atoms with Crippen LogP contribution < -0.4 is 10.4 Å². The maximum atomic E-state index is 12.4. The molecule has 0 aliphatic carbocycles. The smallest absolute Gasteiger partial charge is 0.339 e. The van der Waals surface area contributed by atoms with Crippen molar-refractivity contribution in [2.75, 3.05) is 26.7 Å². The molecule has 0 spiro atoms. The van der Waals surface area contributed by atoms with Gasteiger partial charge in [-0.3, -0.25) is 4.57 Å². The molecular weight excluding hydrogens is 386 g/mol. The zero-order valence-corrected chi connectivity index (χ0v) is 16.7. The van der Waals surface area contributed by atoms with Crippen molar-refractivity contribution in [2.24, 2.45) is 0 Å². The molecule has 1 atom stereocenters. The largest absolute Gasteiger partial charge is 0.496 e. The van der Waals surface area contributed by atoms with Crippen molar-refractivity contribution >= 4 is 17.0 Å². The van der Waals surface area contributed by atoms with E-state index in [2.05, 4.69) is 9.88 Å². The molecule has 2 heterocycles. The summed E-state index contributed by atoms with van der Waals surface area (Å²) in [7, 11) is 1.42. The first-order valence-corrected chi connectivity index (χ1v) is 9.99. The summed E-state index contributed by atoms with van der Waals surface area (Å²) in [5.74, 6) is -0.825. The van der Waals surface area contributed by atoms with Crippen LogP contribution in [0.4, 0.5) is 0 Å². The number of nitrogens with one attached hydrogen (secondary N) is 1. The van der Waals surface area contributed by atoms with Crippen molar-refractivity contribution < 1.29 is 19.7 Å². The number of imidazole rings is 1. The molecule has 8 nitrogen and oxygen atoms in total. The lowest BCUT2D eigenvalue weighted by Gasteiger charge is -2.33. The van der Waals surface area contributed by atoms with Gasteiger partial charge >= 0.3 is 11.7 Å². The molecule has 1 saturated heterocycles. The second-order valence-electron chi connectivity index (χ2n) is 7.63. The monoisotopic (exact) mass is 411 g/mol. The zero-order chi connectivity index (χ0) is 21.3. The van der Waals surface area contributed by atoms with Crippen molar-refractivity contribution in [1.29, 1.82) is 0 Å². The van der Waals surface area contributed by atoms with Gasteiger partial charge in [0.05, 0.1) is 24.2 Å². The molecule has 0 saturated carbocycles. The average molecular weight is 411 g/mol. The summed E-state index contributed by atoms with van der Waals surface area (Å²) < 4.78 is 6.91. The Balaban J connectivity index is 1.42. The third-order valence-electron chi connectivity index (χ3n) is 5.82. The van der Waals surface area contributed by atoms with Gasteiger partial charge < -0.3 is 24.8 Å². The van der Waals surface area contributed by atoms with Crippen LogP contribution in [0.3, 0.4) is 0 Å². The van der Waals surface area contributed by atoms with E-state index in [1.807, 2.05) is 28.8 Å². The third-order valence-corrected chi connectivity index (χ3v) is 5.82. The molecule has 2 aromatic carbocycles. The molecule has 1 unspecified atom stereocenters. The molecule has 4 rings (SSSR count). The van der Waals surface area contributed by atoms with E-state index < -0.39 is 12.1 Å². The van der Waals surface area contributed by atoms with E-state index in [0.717, 1.165) is 37.0 Å². The number of aromatic nitrogens is 2. The van der Waals surface area contributed by atoms with Gasteiger partial charge in [0.25, 0.3) is 0 Å². The normalized spacial score (nSPS) is 16.6. The molecule has 158 valence electrons. The Morgan fingerprint density at radius 3 is 2.67 bits per heavy atom. The van der Waals surface area contributed by atoms with E-state index >= 15 is 0 Å². The highest BCUT2D eigenvalue weighted by Crippen LogP contribution is 2.28. The highest BCUT2D eigenvalue weighted by atomic mass is 16.5. The molecular formula is C22H25N3O5. The summed E-state index contributed by atoms with van der Waals surface area (Å²) in [6.45, 7) is 1.89. The number of carboxylic acid groups (broad SMARTS) is 1. The minimum absolute atomic E-state index is 0.0338. The van der Waals surface area contributed by atoms with E-state index in [1.54, 1.807) is 12.1 Å². The Kier molecular flexibility index (Phi) is 5.61. The zero-order valence-electron chi connectivity index (χ0n) is 16.7. The number of aliphatic hydroxyl groups excluding tert-OH is 1. The number of hydrogen-bond donors (Lipinski definition) is 3. The van der Waals surface area contributed by atoms with Crippen LogP contribution in [0.1, 0.15) is 40.9 Å². The molecule has 8 heteroatoms. The van der Waals surface area contributed by atoms with E-state index in [9.17, 15) is 19.8 Å². The summed E-state index contributed by atoms with van der Waals surface area (Å²) in [6.07, 6.45) is 0.802. The number of piperidine rings is 1. The van der Waals surface area contributed by atoms with Gasteiger partial charge in [0.1, 0.15) is 11.3 Å². The summed E-state index contributed by atoms with van der Waals surface area (Å²) in [4.78, 5) is 28.9. The van der Waals surface area contributed by atoms with Gasteiger partial charge in [0.2, 0.25) is 0 Å². The number of carboxylic acids is 1. The van der Waals surface area contributed by atoms with Crippen LogP contribution in [0, 0.1) is 0 Å². The summed E-state index contributed by atoms with van der Waals surface area (Å²) in [5, 5.41) is 20.0. The van der Waals surface area contributed by atoms with Crippen LogP contribution in [0.15, 0.2) is 47.3 Å². The van der Waals surface area contributed by atoms with E-state index in [0.29, 0.717) is 12.1 Å². The number of ether oxygens (including phenoxy) is 1. The minimum atomic E-state index is -1.09. The van der Waals surface area contributed by atoms with Crippen molar-refractivity contribution in [3.05, 3.63) is 64.1 Å². The number of aromatic carboxylic acids is 1. The van der Waals surface area contributed by atoms with Gasteiger partial charge in [-0.15, -0.1) is 0 Å². The number of nitrogens with zero attached hydrogens (tertiary/aromatic N) is 2. The minimum Gasteiger partial charge on any atom is -0.496 e. The van der Waals surface area contributed by atoms with Crippen LogP contribution in [0.2, 0.25) is 0 Å². The Labute approximate surface area is 173 Å². The van der Waals surface area contributed by atoms with Crippen molar-refractivity contribution in [3.8, 4) is 5.75 Å². The van der Waals surface area contributed by atoms with Gasteiger partial charge in [0.15, 0.2) is 0 Å². The number of carbonyl (C=O) groups is 1.